The second kappa shape index (κ2) is 4.29. The molecule has 2 aromatic rings. The Balaban J connectivity index is 2.06. The third-order valence-electron chi connectivity index (χ3n) is 3.19. The maximum absolute atomic E-state index is 4.31. The van der Waals surface area contributed by atoms with Crippen molar-refractivity contribution in [2.75, 3.05) is 18.0 Å². The van der Waals surface area contributed by atoms with Crippen molar-refractivity contribution in [1.29, 1.82) is 0 Å². The molecule has 0 aromatic carbocycles. The Bertz CT molecular complexity index is 536. The van der Waals surface area contributed by atoms with Crippen LogP contribution in [-0.2, 0) is 0 Å². The minimum Gasteiger partial charge on any atom is -0.355 e. The zero-order valence-electron chi connectivity index (χ0n) is 9.80. The van der Waals surface area contributed by atoms with Gasteiger partial charge in [0.15, 0.2) is 5.65 Å². The predicted octanol–water partition coefficient (Wildman–Crippen LogP) is 2.40. The minimum absolute atomic E-state index is 0.579. The molecule has 0 N–H and O–H groups in total. The summed E-state index contributed by atoms with van der Waals surface area (Å²) in [6, 6.07) is 4.25. The number of halogens is 1. The van der Waals surface area contributed by atoms with Crippen molar-refractivity contribution in [3.05, 3.63) is 24.0 Å². The second-order valence-electron chi connectivity index (χ2n) is 4.61. The van der Waals surface area contributed by atoms with Crippen LogP contribution in [0.3, 0.4) is 0 Å². The molecule has 0 saturated carbocycles. The van der Waals surface area contributed by atoms with Gasteiger partial charge >= 0.3 is 0 Å². The number of hydrogen-bond donors (Lipinski definition) is 0. The molecule has 2 aromatic heterocycles. The third-order valence-corrected chi connectivity index (χ3v) is 3.94. The fourth-order valence-electron chi connectivity index (χ4n) is 2.39. The van der Waals surface area contributed by atoms with Crippen molar-refractivity contribution in [2.45, 2.75) is 24.6 Å². The van der Waals surface area contributed by atoms with E-state index in [0.29, 0.717) is 4.83 Å². The van der Waals surface area contributed by atoms with Gasteiger partial charge in [-0.1, -0.05) is 15.9 Å². The first kappa shape index (κ1) is 11.0. The van der Waals surface area contributed by atoms with Crippen LogP contribution >= 0.6 is 15.9 Å². The van der Waals surface area contributed by atoms with E-state index >= 15 is 0 Å². The molecular formula is C12H15BrN4. The SMILES string of the molecule is Cc1cc(N2CCCC(Br)C2)n2ncnc2c1. The molecule has 0 radical (unpaired) electrons. The van der Waals surface area contributed by atoms with Gasteiger partial charge in [0.05, 0.1) is 0 Å². The summed E-state index contributed by atoms with van der Waals surface area (Å²) in [6.07, 6.45) is 4.09. The summed E-state index contributed by atoms with van der Waals surface area (Å²) in [7, 11) is 0. The first-order valence-corrected chi connectivity index (χ1v) is 6.85. The van der Waals surface area contributed by atoms with E-state index in [9.17, 15) is 0 Å². The number of aryl methyl sites for hydroxylation is 1. The minimum atomic E-state index is 0.579. The van der Waals surface area contributed by atoms with Gasteiger partial charge in [-0.15, -0.1) is 0 Å². The Hall–Kier alpha value is -1.10. The highest BCUT2D eigenvalue weighted by molar-refractivity contribution is 9.09. The van der Waals surface area contributed by atoms with Crippen LogP contribution in [0, 0.1) is 6.92 Å². The largest absolute Gasteiger partial charge is 0.355 e. The van der Waals surface area contributed by atoms with Gasteiger partial charge in [-0.05, 0) is 37.5 Å². The van der Waals surface area contributed by atoms with Crippen molar-refractivity contribution in [1.82, 2.24) is 14.6 Å². The summed E-state index contributed by atoms with van der Waals surface area (Å²) in [5.41, 5.74) is 2.16. The van der Waals surface area contributed by atoms with Crippen LogP contribution in [0.2, 0.25) is 0 Å². The van der Waals surface area contributed by atoms with E-state index in [2.05, 4.69) is 50.0 Å². The van der Waals surface area contributed by atoms with Crippen LogP contribution in [0.1, 0.15) is 18.4 Å². The lowest BCUT2D eigenvalue weighted by molar-refractivity contribution is 0.586. The number of alkyl halides is 1. The molecule has 3 heterocycles. The highest BCUT2D eigenvalue weighted by Gasteiger charge is 2.20. The lowest BCUT2D eigenvalue weighted by atomic mass is 10.1. The lowest BCUT2D eigenvalue weighted by Crippen LogP contribution is -2.37. The van der Waals surface area contributed by atoms with Crippen LogP contribution in [0.25, 0.3) is 5.65 Å². The van der Waals surface area contributed by atoms with Gasteiger partial charge < -0.3 is 4.90 Å². The first-order chi connectivity index (χ1) is 8.24. The molecule has 4 nitrogen and oxygen atoms in total. The van der Waals surface area contributed by atoms with E-state index in [0.717, 1.165) is 24.6 Å². The monoisotopic (exact) mass is 294 g/mol. The van der Waals surface area contributed by atoms with Gasteiger partial charge in [-0.3, -0.25) is 0 Å². The lowest BCUT2D eigenvalue weighted by Gasteiger charge is -2.31. The Kier molecular flexibility index (Phi) is 2.78. The summed E-state index contributed by atoms with van der Waals surface area (Å²) < 4.78 is 1.93. The summed E-state index contributed by atoms with van der Waals surface area (Å²) in [6.45, 7) is 4.24. The van der Waals surface area contributed by atoms with Crippen molar-refractivity contribution >= 4 is 27.4 Å². The topological polar surface area (TPSA) is 33.4 Å². The summed E-state index contributed by atoms with van der Waals surface area (Å²) in [5, 5.41) is 4.31. The maximum Gasteiger partial charge on any atom is 0.157 e. The molecular weight excluding hydrogens is 280 g/mol. The molecule has 0 aliphatic carbocycles. The van der Waals surface area contributed by atoms with Crippen LogP contribution in [0.15, 0.2) is 18.5 Å². The molecule has 1 aliphatic heterocycles. The van der Waals surface area contributed by atoms with E-state index in [1.807, 2.05) is 4.52 Å². The van der Waals surface area contributed by atoms with E-state index < -0.39 is 0 Å². The molecule has 1 unspecified atom stereocenters. The Morgan fingerprint density at radius 2 is 2.29 bits per heavy atom. The van der Waals surface area contributed by atoms with Crippen molar-refractivity contribution in [3.63, 3.8) is 0 Å². The molecule has 1 saturated heterocycles. The quantitative estimate of drug-likeness (QED) is 0.758. The molecule has 5 heteroatoms. The standard InChI is InChI=1S/C12H15BrN4/c1-9-5-11-14-8-15-17(11)12(6-9)16-4-2-3-10(13)7-16/h5-6,8,10H,2-4,7H2,1H3. The van der Waals surface area contributed by atoms with Crippen molar-refractivity contribution < 1.29 is 0 Å². The van der Waals surface area contributed by atoms with Crippen LogP contribution in [0.5, 0.6) is 0 Å². The van der Waals surface area contributed by atoms with Gasteiger partial charge in [-0.25, -0.2) is 4.98 Å². The zero-order chi connectivity index (χ0) is 11.8. The number of rotatable bonds is 1. The molecule has 3 rings (SSSR count). The highest BCUT2D eigenvalue weighted by Crippen LogP contribution is 2.24. The molecule has 0 amide bonds. The van der Waals surface area contributed by atoms with Crippen LogP contribution < -0.4 is 4.90 Å². The third kappa shape index (κ3) is 2.04. The smallest absolute Gasteiger partial charge is 0.157 e. The number of nitrogens with zero attached hydrogens (tertiary/aromatic N) is 4. The van der Waals surface area contributed by atoms with Gasteiger partial charge in [0.25, 0.3) is 0 Å². The van der Waals surface area contributed by atoms with Crippen molar-refractivity contribution in [2.24, 2.45) is 0 Å². The van der Waals surface area contributed by atoms with Crippen LogP contribution in [0.4, 0.5) is 5.82 Å². The van der Waals surface area contributed by atoms with Gasteiger partial charge in [0, 0.05) is 17.9 Å². The fourth-order valence-corrected chi connectivity index (χ4v) is 3.07. The van der Waals surface area contributed by atoms with Crippen molar-refractivity contribution in [3.8, 4) is 0 Å². The molecule has 1 fully saturated rings. The summed E-state index contributed by atoms with van der Waals surface area (Å²) in [5.74, 6) is 1.15. The summed E-state index contributed by atoms with van der Waals surface area (Å²) >= 11 is 3.71. The molecule has 17 heavy (non-hydrogen) atoms. The molecule has 1 atom stereocenters. The molecule has 90 valence electrons. The number of piperidine rings is 1. The van der Waals surface area contributed by atoms with Crippen LogP contribution in [-0.4, -0.2) is 32.5 Å². The van der Waals surface area contributed by atoms with Gasteiger partial charge in [-0.2, -0.15) is 9.61 Å². The Labute approximate surface area is 109 Å². The molecule has 1 aliphatic rings. The maximum atomic E-state index is 4.31. The first-order valence-electron chi connectivity index (χ1n) is 5.93. The van der Waals surface area contributed by atoms with E-state index in [1.165, 1.54) is 18.4 Å². The van der Waals surface area contributed by atoms with E-state index in [4.69, 9.17) is 0 Å². The average molecular weight is 295 g/mol. The van der Waals surface area contributed by atoms with Gasteiger partial charge in [0.1, 0.15) is 12.1 Å². The average Bonchev–Trinajstić information content (AvgIpc) is 2.75. The molecule has 0 bridgehead atoms. The van der Waals surface area contributed by atoms with E-state index in [-0.39, 0.29) is 0 Å². The molecule has 0 spiro atoms. The second-order valence-corrected chi connectivity index (χ2v) is 5.90. The number of pyridine rings is 1. The fraction of sp³-hybridized carbons (Fsp3) is 0.500. The summed E-state index contributed by atoms with van der Waals surface area (Å²) in [4.78, 5) is 7.23. The normalized spacial score (nSPS) is 21.1. The van der Waals surface area contributed by atoms with Gasteiger partial charge in [0.2, 0.25) is 0 Å². The zero-order valence-corrected chi connectivity index (χ0v) is 11.4. The predicted molar refractivity (Wildman–Crippen MR) is 71.9 cm³/mol. The number of anilines is 1. The number of fused-ring (bicyclic) bond motifs is 1. The highest BCUT2D eigenvalue weighted by atomic mass is 79.9. The van der Waals surface area contributed by atoms with E-state index in [1.54, 1.807) is 6.33 Å². The number of aromatic nitrogens is 3. The number of hydrogen-bond acceptors (Lipinski definition) is 3. The Morgan fingerprint density at radius 3 is 3.12 bits per heavy atom. The Morgan fingerprint density at radius 1 is 1.41 bits per heavy atom.